The highest BCUT2D eigenvalue weighted by atomic mass is 16.3. The molecule has 0 saturated carbocycles. The molecule has 6 nitrogen and oxygen atoms in total. The Labute approximate surface area is 148 Å². The molecule has 134 valence electrons. The molecule has 2 saturated heterocycles. The normalized spacial score (nSPS) is 27.2. The molecule has 2 aromatic rings. The van der Waals surface area contributed by atoms with Crippen LogP contribution in [0.3, 0.4) is 0 Å². The number of hydrogen-bond donors (Lipinski definition) is 2. The standard InChI is InChI=1S/C19H26N4O2/c1-22(2)19(24)15-11-20-21-18(15)16-7-5-9-23(16)12-14-10-13-6-3-4-8-17(13)25-14/h3-4,6,8,10,15-16,18,20-21H,5,7,9,11-12H2,1-2H3. The third-order valence-corrected chi connectivity index (χ3v) is 5.45. The molecule has 0 spiro atoms. The van der Waals surface area contributed by atoms with Crippen molar-refractivity contribution in [2.45, 2.75) is 31.5 Å². The van der Waals surface area contributed by atoms with Crippen LogP contribution in [0.15, 0.2) is 34.7 Å². The summed E-state index contributed by atoms with van der Waals surface area (Å²) in [6.07, 6.45) is 2.27. The third kappa shape index (κ3) is 3.17. The number of furan rings is 1. The van der Waals surface area contributed by atoms with Gasteiger partial charge in [0.25, 0.3) is 0 Å². The Kier molecular flexibility index (Phi) is 4.50. The van der Waals surface area contributed by atoms with Crippen molar-refractivity contribution in [3.05, 3.63) is 36.1 Å². The minimum atomic E-state index is -0.0173. The molecule has 0 bridgehead atoms. The Hall–Kier alpha value is -1.89. The highest BCUT2D eigenvalue weighted by molar-refractivity contribution is 5.80. The van der Waals surface area contributed by atoms with Crippen LogP contribution in [0.4, 0.5) is 0 Å². The van der Waals surface area contributed by atoms with Crippen molar-refractivity contribution in [3.8, 4) is 0 Å². The van der Waals surface area contributed by atoms with Crippen molar-refractivity contribution in [1.29, 1.82) is 0 Å². The van der Waals surface area contributed by atoms with Gasteiger partial charge in [-0.1, -0.05) is 18.2 Å². The van der Waals surface area contributed by atoms with Gasteiger partial charge in [-0.2, -0.15) is 0 Å². The topological polar surface area (TPSA) is 60.8 Å². The Bertz CT molecular complexity index is 724. The predicted octanol–water partition coefficient (Wildman–Crippen LogP) is 1.58. The molecule has 3 atom stereocenters. The molecule has 2 aliphatic heterocycles. The van der Waals surface area contributed by atoms with Gasteiger partial charge in [0, 0.05) is 38.1 Å². The van der Waals surface area contributed by atoms with Gasteiger partial charge in [0.1, 0.15) is 11.3 Å². The van der Waals surface area contributed by atoms with Crippen LogP contribution in [0, 0.1) is 5.92 Å². The number of likely N-dealkylation sites (tertiary alicyclic amines) is 1. The van der Waals surface area contributed by atoms with Gasteiger partial charge in [-0.25, -0.2) is 0 Å². The highest BCUT2D eigenvalue weighted by Gasteiger charge is 2.42. The molecule has 25 heavy (non-hydrogen) atoms. The number of nitrogens with zero attached hydrogens (tertiary/aromatic N) is 2. The minimum absolute atomic E-state index is 0.0173. The van der Waals surface area contributed by atoms with Gasteiger partial charge >= 0.3 is 0 Å². The minimum Gasteiger partial charge on any atom is -0.460 e. The van der Waals surface area contributed by atoms with Gasteiger partial charge in [-0.15, -0.1) is 0 Å². The largest absolute Gasteiger partial charge is 0.460 e. The molecule has 3 unspecified atom stereocenters. The van der Waals surface area contributed by atoms with Gasteiger partial charge < -0.3 is 9.32 Å². The molecule has 0 radical (unpaired) electrons. The van der Waals surface area contributed by atoms with Crippen LogP contribution in [0.25, 0.3) is 11.0 Å². The molecular formula is C19H26N4O2. The van der Waals surface area contributed by atoms with E-state index in [2.05, 4.69) is 27.9 Å². The highest BCUT2D eigenvalue weighted by Crippen LogP contribution is 2.29. The van der Waals surface area contributed by atoms with Crippen LogP contribution in [0.5, 0.6) is 0 Å². The van der Waals surface area contributed by atoms with E-state index in [1.54, 1.807) is 4.90 Å². The van der Waals surface area contributed by atoms with E-state index >= 15 is 0 Å². The van der Waals surface area contributed by atoms with Gasteiger partial charge in [-0.3, -0.25) is 20.5 Å². The van der Waals surface area contributed by atoms with Crippen LogP contribution in [0.1, 0.15) is 18.6 Å². The summed E-state index contributed by atoms with van der Waals surface area (Å²) in [6.45, 7) is 2.53. The van der Waals surface area contributed by atoms with Crippen molar-refractivity contribution in [1.82, 2.24) is 20.7 Å². The first-order valence-corrected chi connectivity index (χ1v) is 9.04. The van der Waals surface area contributed by atoms with Gasteiger partial charge in [-0.05, 0) is 31.5 Å². The smallest absolute Gasteiger partial charge is 0.228 e. The summed E-state index contributed by atoms with van der Waals surface area (Å²) < 4.78 is 6.00. The SMILES string of the molecule is CN(C)C(=O)C1CNNC1C1CCCN1Cc1cc2ccccc2o1. The maximum Gasteiger partial charge on any atom is 0.228 e. The molecule has 1 amide bonds. The Balaban J connectivity index is 1.51. The second kappa shape index (κ2) is 6.78. The third-order valence-electron chi connectivity index (χ3n) is 5.45. The van der Waals surface area contributed by atoms with Crippen molar-refractivity contribution in [2.24, 2.45) is 5.92 Å². The summed E-state index contributed by atoms with van der Waals surface area (Å²) in [7, 11) is 3.66. The number of amides is 1. The monoisotopic (exact) mass is 342 g/mol. The van der Waals surface area contributed by atoms with Crippen LogP contribution in [0.2, 0.25) is 0 Å². The lowest BCUT2D eigenvalue weighted by molar-refractivity contribution is -0.133. The fourth-order valence-electron chi connectivity index (χ4n) is 4.22. The number of carbonyl (C=O) groups excluding carboxylic acids is 1. The predicted molar refractivity (Wildman–Crippen MR) is 96.8 cm³/mol. The number of hydrogen-bond acceptors (Lipinski definition) is 5. The second-order valence-electron chi connectivity index (χ2n) is 7.32. The van der Waals surface area contributed by atoms with E-state index in [0.29, 0.717) is 12.6 Å². The summed E-state index contributed by atoms with van der Waals surface area (Å²) >= 11 is 0. The maximum atomic E-state index is 12.5. The van der Waals surface area contributed by atoms with Gasteiger partial charge in [0.2, 0.25) is 5.91 Å². The van der Waals surface area contributed by atoms with Crippen LogP contribution in [-0.2, 0) is 11.3 Å². The number of carbonyl (C=O) groups is 1. The molecule has 1 aromatic heterocycles. The van der Waals surface area contributed by atoms with Gasteiger partial charge in [0.15, 0.2) is 0 Å². The number of hydrazine groups is 1. The fourth-order valence-corrected chi connectivity index (χ4v) is 4.22. The summed E-state index contributed by atoms with van der Waals surface area (Å²) in [5.74, 6) is 1.17. The maximum absolute atomic E-state index is 12.5. The van der Waals surface area contributed by atoms with Crippen LogP contribution in [-0.4, -0.2) is 55.0 Å². The van der Waals surface area contributed by atoms with E-state index in [0.717, 1.165) is 42.7 Å². The quantitative estimate of drug-likeness (QED) is 0.883. The van der Waals surface area contributed by atoms with Crippen molar-refractivity contribution < 1.29 is 9.21 Å². The first-order valence-electron chi connectivity index (χ1n) is 9.04. The number of nitrogens with one attached hydrogen (secondary N) is 2. The molecule has 0 aliphatic carbocycles. The van der Waals surface area contributed by atoms with Crippen LogP contribution >= 0.6 is 0 Å². The molecule has 1 aromatic carbocycles. The fraction of sp³-hybridized carbons (Fsp3) is 0.526. The molecule has 2 N–H and O–H groups in total. The van der Waals surface area contributed by atoms with E-state index in [9.17, 15) is 4.79 Å². The van der Waals surface area contributed by atoms with E-state index in [-0.39, 0.29) is 17.9 Å². The van der Waals surface area contributed by atoms with E-state index in [1.807, 2.05) is 32.3 Å². The Morgan fingerprint density at radius 3 is 3.00 bits per heavy atom. The van der Waals surface area contributed by atoms with E-state index < -0.39 is 0 Å². The second-order valence-corrected chi connectivity index (χ2v) is 7.32. The molecular weight excluding hydrogens is 316 g/mol. The van der Waals surface area contributed by atoms with Crippen LogP contribution < -0.4 is 10.9 Å². The Morgan fingerprint density at radius 1 is 1.36 bits per heavy atom. The van der Waals surface area contributed by atoms with E-state index in [4.69, 9.17) is 4.42 Å². The molecule has 2 aliphatic rings. The molecule has 2 fully saturated rings. The zero-order chi connectivity index (χ0) is 17.4. The summed E-state index contributed by atoms with van der Waals surface area (Å²) in [5.41, 5.74) is 7.49. The van der Waals surface area contributed by atoms with Crippen molar-refractivity contribution in [2.75, 3.05) is 27.2 Å². The lowest BCUT2D eigenvalue weighted by Gasteiger charge is -2.32. The average Bonchev–Trinajstić information content (AvgIpc) is 3.32. The summed E-state index contributed by atoms with van der Waals surface area (Å²) in [6, 6.07) is 10.7. The molecule has 3 heterocycles. The molecule has 6 heteroatoms. The van der Waals surface area contributed by atoms with Crippen molar-refractivity contribution in [3.63, 3.8) is 0 Å². The summed E-state index contributed by atoms with van der Waals surface area (Å²) in [5, 5.41) is 1.15. The molecule has 4 rings (SSSR count). The summed E-state index contributed by atoms with van der Waals surface area (Å²) in [4.78, 5) is 16.7. The lowest BCUT2D eigenvalue weighted by Crippen LogP contribution is -2.51. The zero-order valence-corrected chi connectivity index (χ0v) is 14.9. The number of fused-ring (bicyclic) bond motifs is 1. The number of para-hydroxylation sites is 1. The first kappa shape index (κ1) is 16.6. The Morgan fingerprint density at radius 2 is 2.20 bits per heavy atom. The van der Waals surface area contributed by atoms with Gasteiger partial charge in [0.05, 0.1) is 12.5 Å². The average molecular weight is 342 g/mol. The van der Waals surface area contributed by atoms with E-state index in [1.165, 1.54) is 0 Å². The van der Waals surface area contributed by atoms with Crippen molar-refractivity contribution >= 4 is 16.9 Å². The lowest BCUT2D eigenvalue weighted by atomic mass is 9.92. The number of benzene rings is 1. The first-order chi connectivity index (χ1) is 12.1. The zero-order valence-electron chi connectivity index (χ0n) is 14.9. The number of rotatable bonds is 4.